The first-order valence-electron chi connectivity index (χ1n) is 9.70. The van der Waals surface area contributed by atoms with E-state index in [1.807, 2.05) is 6.92 Å². The zero-order valence-corrected chi connectivity index (χ0v) is 16.2. The van der Waals surface area contributed by atoms with Crippen molar-refractivity contribution in [1.29, 1.82) is 5.26 Å². The molecule has 0 amide bonds. The lowest BCUT2D eigenvalue weighted by molar-refractivity contribution is 0.112. The second-order valence-corrected chi connectivity index (χ2v) is 8.39. The zero-order chi connectivity index (χ0) is 18.7. The van der Waals surface area contributed by atoms with Crippen molar-refractivity contribution in [2.24, 2.45) is 11.3 Å². The Morgan fingerprint density at radius 2 is 2.00 bits per heavy atom. The summed E-state index contributed by atoms with van der Waals surface area (Å²) in [5.74, 6) is 1.49. The molecule has 3 atom stereocenters. The smallest absolute Gasteiger partial charge is 0.119 e. The molecule has 3 heterocycles. The predicted octanol–water partition coefficient (Wildman–Crippen LogP) is 2.90. The second kappa shape index (κ2) is 7.85. The van der Waals surface area contributed by atoms with E-state index in [-0.39, 0.29) is 11.8 Å². The number of hydrogen-bond donors (Lipinski definition) is 1. The van der Waals surface area contributed by atoms with E-state index in [1.165, 1.54) is 12.1 Å². The Labute approximate surface area is 157 Å². The molecule has 2 unspecified atom stereocenters. The van der Waals surface area contributed by atoms with Crippen molar-refractivity contribution < 1.29 is 9.84 Å². The van der Waals surface area contributed by atoms with Crippen molar-refractivity contribution in [3.05, 3.63) is 24.3 Å². The first-order valence-corrected chi connectivity index (χ1v) is 9.70. The number of aliphatic hydroxyl groups is 1. The third kappa shape index (κ3) is 4.13. The quantitative estimate of drug-likeness (QED) is 0.848. The largest absolute Gasteiger partial charge is 0.494 e. The SMILES string of the molecule is CCOc1ccc(N2CC3CN(CC(O)CC#N)C[C@@H]2C(C)(C)C3)cc1. The molecular formula is C21H31N3O2. The van der Waals surface area contributed by atoms with Gasteiger partial charge in [0.1, 0.15) is 5.75 Å². The summed E-state index contributed by atoms with van der Waals surface area (Å²) >= 11 is 0. The third-order valence-electron chi connectivity index (χ3n) is 5.77. The first-order chi connectivity index (χ1) is 12.4. The summed E-state index contributed by atoms with van der Waals surface area (Å²) in [4.78, 5) is 4.90. The van der Waals surface area contributed by atoms with Gasteiger partial charge in [0.2, 0.25) is 0 Å². The van der Waals surface area contributed by atoms with Crippen LogP contribution in [0.2, 0.25) is 0 Å². The number of benzene rings is 1. The summed E-state index contributed by atoms with van der Waals surface area (Å²) in [6.07, 6.45) is 0.855. The van der Waals surface area contributed by atoms with Crippen LogP contribution < -0.4 is 9.64 Å². The molecule has 3 fully saturated rings. The fourth-order valence-electron chi connectivity index (χ4n) is 4.73. The van der Waals surface area contributed by atoms with Crippen LogP contribution in [0.5, 0.6) is 5.75 Å². The fourth-order valence-corrected chi connectivity index (χ4v) is 4.73. The Kier molecular flexibility index (Phi) is 5.74. The highest BCUT2D eigenvalue weighted by Gasteiger charge is 2.45. The van der Waals surface area contributed by atoms with Crippen molar-refractivity contribution in [3.63, 3.8) is 0 Å². The highest BCUT2D eigenvalue weighted by molar-refractivity contribution is 5.51. The number of ether oxygens (including phenoxy) is 1. The number of nitrogens with zero attached hydrogens (tertiary/aromatic N) is 3. The molecule has 4 rings (SSSR count). The maximum Gasteiger partial charge on any atom is 0.119 e. The molecular weight excluding hydrogens is 326 g/mol. The van der Waals surface area contributed by atoms with E-state index in [2.05, 4.69) is 54.0 Å². The van der Waals surface area contributed by atoms with Gasteiger partial charge in [-0.05, 0) is 48.9 Å². The van der Waals surface area contributed by atoms with Crippen LogP contribution in [-0.4, -0.2) is 54.9 Å². The van der Waals surface area contributed by atoms with E-state index in [4.69, 9.17) is 10.00 Å². The van der Waals surface area contributed by atoms with Crippen LogP contribution in [0.4, 0.5) is 5.69 Å². The van der Waals surface area contributed by atoms with Gasteiger partial charge in [0, 0.05) is 37.9 Å². The Morgan fingerprint density at radius 1 is 1.27 bits per heavy atom. The fraction of sp³-hybridized carbons (Fsp3) is 0.667. The molecule has 1 aromatic carbocycles. The maximum absolute atomic E-state index is 10.1. The lowest BCUT2D eigenvalue weighted by Gasteiger charge is -2.48. The summed E-state index contributed by atoms with van der Waals surface area (Å²) in [6.45, 7) is 11.0. The van der Waals surface area contributed by atoms with Gasteiger partial charge in [0.15, 0.2) is 0 Å². The molecule has 5 nitrogen and oxygen atoms in total. The van der Waals surface area contributed by atoms with Gasteiger partial charge in [-0.2, -0.15) is 5.26 Å². The van der Waals surface area contributed by atoms with Crippen molar-refractivity contribution in [2.75, 3.05) is 37.7 Å². The highest BCUT2D eigenvalue weighted by atomic mass is 16.5. The Morgan fingerprint density at radius 3 is 2.65 bits per heavy atom. The molecule has 0 aromatic heterocycles. The van der Waals surface area contributed by atoms with E-state index >= 15 is 0 Å². The van der Waals surface area contributed by atoms with Gasteiger partial charge >= 0.3 is 0 Å². The molecule has 2 bridgehead atoms. The average Bonchev–Trinajstić information content (AvgIpc) is 2.82. The van der Waals surface area contributed by atoms with Crippen LogP contribution >= 0.6 is 0 Å². The van der Waals surface area contributed by atoms with Crippen LogP contribution in [0.25, 0.3) is 0 Å². The molecule has 26 heavy (non-hydrogen) atoms. The molecule has 3 aliphatic rings. The first kappa shape index (κ1) is 19.0. The lowest BCUT2D eigenvalue weighted by atomic mass is 9.73. The topological polar surface area (TPSA) is 59.7 Å². The van der Waals surface area contributed by atoms with E-state index < -0.39 is 6.10 Å². The summed E-state index contributed by atoms with van der Waals surface area (Å²) in [5, 5.41) is 18.9. The summed E-state index contributed by atoms with van der Waals surface area (Å²) in [6, 6.07) is 10.9. The molecule has 0 spiro atoms. The van der Waals surface area contributed by atoms with E-state index in [9.17, 15) is 5.11 Å². The number of fused-ring (bicyclic) bond motifs is 4. The van der Waals surface area contributed by atoms with Crippen LogP contribution in [-0.2, 0) is 0 Å². The van der Waals surface area contributed by atoms with Crippen molar-refractivity contribution in [3.8, 4) is 11.8 Å². The lowest BCUT2D eigenvalue weighted by Crippen LogP contribution is -2.54. The number of anilines is 1. The molecule has 3 aliphatic heterocycles. The molecule has 3 saturated heterocycles. The normalized spacial score (nSPS) is 26.2. The summed E-state index contributed by atoms with van der Waals surface area (Å²) in [7, 11) is 0. The van der Waals surface area contributed by atoms with Crippen LogP contribution in [0.1, 0.15) is 33.6 Å². The molecule has 0 radical (unpaired) electrons. The van der Waals surface area contributed by atoms with Gasteiger partial charge in [0.05, 0.1) is 25.2 Å². The minimum absolute atomic E-state index is 0.206. The number of hydrogen-bond acceptors (Lipinski definition) is 5. The van der Waals surface area contributed by atoms with Crippen molar-refractivity contribution >= 4 is 5.69 Å². The van der Waals surface area contributed by atoms with E-state index in [0.717, 1.165) is 25.4 Å². The van der Waals surface area contributed by atoms with Gasteiger partial charge in [-0.3, -0.25) is 4.90 Å². The highest BCUT2D eigenvalue weighted by Crippen LogP contribution is 2.43. The Balaban J connectivity index is 1.79. The van der Waals surface area contributed by atoms with Gasteiger partial charge in [-0.25, -0.2) is 0 Å². The molecule has 1 N–H and O–H groups in total. The molecule has 142 valence electrons. The maximum atomic E-state index is 10.1. The zero-order valence-electron chi connectivity index (χ0n) is 16.2. The third-order valence-corrected chi connectivity index (χ3v) is 5.77. The van der Waals surface area contributed by atoms with E-state index in [1.54, 1.807) is 0 Å². The van der Waals surface area contributed by atoms with Gasteiger partial charge in [-0.15, -0.1) is 0 Å². The predicted molar refractivity (Wildman–Crippen MR) is 103 cm³/mol. The monoisotopic (exact) mass is 357 g/mol. The number of rotatable bonds is 6. The Hall–Kier alpha value is -1.77. The summed E-state index contributed by atoms with van der Waals surface area (Å²) in [5.41, 5.74) is 1.46. The summed E-state index contributed by atoms with van der Waals surface area (Å²) < 4.78 is 5.58. The standard InChI is InChI=1S/C21H31N3O2/c1-4-26-19-7-5-17(6-8-19)24-13-16-11-21(2,3)20(24)15-23(12-16)14-18(25)9-10-22/h5-8,16,18,20,25H,4,9,11-15H2,1-3H3/t16?,18?,20-/m1/s1. The number of aliphatic hydroxyl groups excluding tert-OH is 1. The average molecular weight is 357 g/mol. The Bertz CT molecular complexity index is 638. The van der Waals surface area contributed by atoms with Gasteiger partial charge in [-0.1, -0.05) is 13.8 Å². The molecule has 1 aromatic rings. The van der Waals surface area contributed by atoms with Gasteiger partial charge in [0.25, 0.3) is 0 Å². The molecule has 0 saturated carbocycles. The van der Waals surface area contributed by atoms with Crippen molar-refractivity contribution in [2.45, 2.75) is 45.8 Å². The van der Waals surface area contributed by atoms with Crippen LogP contribution in [0.3, 0.4) is 0 Å². The minimum Gasteiger partial charge on any atom is -0.494 e. The second-order valence-electron chi connectivity index (χ2n) is 8.39. The minimum atomic E-state index is -0.556. The van der Waals surface area contributed by atoms with Crippen LogP contribution in [0, 0.1) is 22.7 Å². The molecule has 0 aliphatic carbocycles. The van der Waals surface area contributed by atoms with Crippen LogP contribution in [0.15, 0.2) is 24.3 Å². The van der Waals surface area contributed by atoms with E-state index in [0.29, 0.717) is 25.1 Å². The van der Waals surface area contributed by atoms with Gasteiger partial charge < -0.3 is 14.7 Å². The number of nitriles is 1. The molecule has 5 heteroatoms. The van der Waals surface area contributed by atoms with Crippen molar-refractivity contribution in [1.82, 2.24) is 4.90 Å². The number of piperidine rings is 1.